The van der Waals surface area contributed by atoms with Crippen LogP contribution in [-0.2, 0) is 0 Å². The van der Waals surface area contributed by atoms with Gasteiger partial charge in [0.1, 0.15) is 11.2 Å². The number of aryl methyl sites for hydroxylation is 1. The summed E-state index contributed by atoms with van der Waals surface area (Å²) >= 11 is 9.52. The number of halogens is 3. The Morgan fingerprint density at radius 1 is 1.21 bits per heavy atom. The topological polar surface area (TPSA) is 17.1 Å². The average molecular weight is 342 g/mol. The van der Waals surface area contributed by atoms with Gasteiger partial charge in [-0.1, -0.05) is 39.7 Å². The summed E-state index contributed by atoms with van der Waals surface area (Å²) in [5, 5.41) is -0.821. The van der Waals surface area contributed by atoms with Gasteiger partial charge in [0, 0.05) is 10.0 Å². The molecule has 0 radical (unpaired) electrons. The van der Waals surface area contributed by atoms with Crippen LogP contribution in [0.1, 0.15) is 26.9 Å². The highest BCUT2D eigenvalue weighted by atomic mass is 79.9. The molecule has 0 saturated heterocycles. The van der Waals surface area contributed by atoms with E-state index in [9.17, 15) is 9.18 Å². The van der Waals surface area contributed by atoms with Gasteiger partial charge in [-0.05, 0) is 36.8 Å². The largest absolute Gasteiger partial charge is 0.292 e. The third-order valence-electron chi connectivity index (χ3n) is 2.78. The number of hydrogen-bond donors (Lipinski definition) is 0. The summed E-state index contributed by atoms with van der Waals surface area (Å²) in [6, 6.07) is 11.1. The molecule has 0 aromatic heterocycles. The molecule has 19 heavy (non-hydrogen) atoms. The van der Waals surface area contributed by atoms with Gasteiger partial charge in [-0.15, -0.1) is 11.6 Å². The molecule has 0 amide bonds. The Labute approximate surface area is 124 Å². The van der Waals surface area contributed by atoms with Crippen LogP contribution in [0.4, 0.5) is 4.39 Å². The maximum atomic E-state index is 12.9. The van der Waals surface area contributed by atoms with Gasteiger partial charge in [0.15, 0.2) is 5.78 Å². The zero-order chi connectivity index (χ0) is 14.0. The first-order valence-electron chi connectivity index (χ1n) is 5.69. The standard InChI is InChI=1S/C15H11BrClFO/c1-9-2-7-13(16)12(8-9)15(19)14(17)10-3-5-11(18)6-4-10/h2-8,14H,1H3. The molecule has 0 heterocycles. The molecule has 0 aliphatic carbocycles. The molecule has 1 unspecified atom stereocenters. The van der Waals surface area contributed by atoms with Crippen molar-refractivity contribution in [3.63, 3.8) is 0 Å². The van der Waals surface area contributed by atoms with Gasteiger partial charge in [-0.2, -0.15) is 0 Å². The van der Waals surface area contributed by atoms with Crippen LogP contribution in [0.2, 0.25) is 0 Å². The second-order valence-corrected chi connectivity index (χ2v) is 5.55. The van der Waals surface area contributed by atoms with E-state index < -0.39 is 5.38 Å². The van der Waals surface area contributed by atoms with Crippen molar-refractivity contribution in [2.45, 2.75) is 12.3 Å². The van der Waals surface area contributed by atoms with Crippen molar-refractivity contribution in [1.82, 2.24) is 0 Å². The predicted octanol–water partition coefficient (Wildman–Crippen LogP) is 5.06. The number of carbonyl (C=O) groups excluding carboxylic acids is 1. The molecule has 0 fully saturated rings. The second-order valence-electron chi connectivity index (χ2n) is 4.26. The van der Waals surface area contributed by atoms with Gasteiger partial charge in [-0.25, -0.2) is 4.39 Å². The molecule has 0 saturated carbocycles. The Balaban J connectivity index is 2.33. The Morgan fingerprint density at radius 3 is 2.47 bits per heavy atom. The van der Waals surface area contributed by atoms with Crippen LogP contribution in [0.5, 0.6) is 0 Å². The summed E-state index contributed by atoms with van der Waals surface area (Å²) in [5.74, 6) is -0.555. The Kier molecular flexibility index (Phi) is 4.38. The van der Waals surface area contributed by atoms with Gasteiger partial charge in [-0.3, -0.25) is 4.79 Å². The first-order chi connectivity index (χ1) is 8.99. The Morgan fingerprint density at radius 2 is 1.84 bits per heavy atom. The van der Waals surface area contributed by atoms with Crippen molar-refractivity contribution in [3.05, 3.63) is 69.4 Å². The van der Waals surface area contributed by atoms with Crippen molar-refractivity contribution in [1.29, 1.82) is 0 Å². The minimum atomic E-state index is -0.821. The van der Waals surface area contributed by atoms with Crippen LogP contribution in [-0.4, -0.2) is 5.78 Å². The normalized spacial score (nSPS) is 12.2. The number of carbonyl (C=O) groups is 1. The van der Waals surface area contributed by atoms with Gasteiger partial charge in [0.05, 0.1) is 0 Å². The van der Waals surface area contributed by atoms with E-state index in [2.05, 4.69) is 15.9 Å². The van der Waals surface area contributed by atoms with Gasteiger partial charge < -0.3 is 0 Å². The van der Waals surface area contributed by atoms with Crippen molar-refractivity contribution >= 4 is 33.3 Å². The minimum Gasteiger partial charge on any atom is -0.292 e. The molecule has 4 heteroatoms. The van der Waals surface area contributed by atoms with Gasteiger partial charge >= 0.3 is 0 Å². The molecule has 0 aliphatic heterocycles. The summed E-state index contributed by atoms with van der Waals surface area (Å²) < 4.78 is 13.6. The third kappa shape index (κ3) is 3.23. The van der Waals surface area contributed by atoms with Crippen LogP contribution in [0.15, 0.2) is 46.9 Å². The lowest BCUT2D eigenvalue weighted by atomic mass is 10.0. The van der Waals surface area contributed by atoms with E-state index in [1.807, 2.05) is 19.1 Å². The minimum absolute atomic E-state index is 0.205. The molecule has 0 aliphatic rings. The number of Topliss-reactive ketones (excluding diaryl/α,β-unsaturated/α-hetero) is 1. The Bertz CT molecular complexity index is 610. The smallest absolute Gasteiger partial charge is 0.186 e. The number of alkyl halides is 1. The zero-order valence-electron chi connectivity index (χ0n) is 10.2. The van der Waals surface area contributed by atoms with E-state index in [4.69, 9.17) is 11.6 Å². The van der Waals surface area contributed by atoms with E-state index >= 15 is 0 Å². The van der Waals surface area contributed by atoms with E-state index in [1.165, 1.54) is 24.3 Å². The summed E-state index contributed by atoms with van der Waals surface area (Å²) in [5.41, 5.74) is 2.10. The van der Waals surface area contributed by atoms with Crippen molar-refractivity contribution in [3.8, 4) is 0 Å². The predicted molar refractivity (Wildman–Crippen MR) is 78.2 cm³/mol. The molecule has 2 aromatic rings. The highest BCUT2D eigenvalue weighted by Gasteiger charge is 2.21. The molecule has 98 valence electrons. The molecule has 2 rings (SSSR count). The maximum absolute atomic E-state index is 12.9. The number of hydrogen-bond acceptors (Lipinski definition) is 1. The Hall–Kier alpha value is -1.19. The highest BCUT2D eigenvalue weighted by Crippen LogP contribution is 2.29. The van der Waals surface area contributed by atoms with E-state index in [-0.39, 0.29) is 11.6 Å². The van der Waals surface area contributed by atoms with Crippen molar-refractivity contribution < 1.29 is 9.18 Å². The molecule has 1 nitrogen and oxygen atoms in total. The summed E-state index contributed by atoms with van der Waals surface area (Å²) in [7, 11) is 0. The summed E-state index contributed by atoms with van der Waals surface area (Å²) in [6.45, 7) is 1.91. The number of ketones is 1. The molecule has 2 aromatic carbocycles. The first-order valence-corrected chi connectivity index (χ1v) is 6.92. The quantitative estimate of drug-likeness (QED) is 0.563. The highest BCUT2D eigenvalue weighted by molar-refractivity contribution is 9.10. The third-order valence-corrected chi connectivity index (χ3v) is 3.92. The van der Waals surface area contributed by atoms with E-state index in [1.54, 1.807) is 6.07 Å². The fraction of sp³-hybridized carbons (Fsp3) is 0.133. The molecular formula is C15H11BrClFO. The van der Waals surface area contributed by atoms with E-state index in [0.717, 1.165) is 5.56 Å². The zero-order valence-corrected chi connectivity index (χ0v) is 12.5. The van der Waals surface area contributed by atoms with Crippen LogP contribution in [0, 0.1) is 12.7 Å². The molecule has 0 spiro atoms. The molecule has 0 N–H and O–H groups in total. The summed E-state index contributed by atoms with van der Waals surface area (Å²) in [4.78, 5) is 12.3. The van der Waals surface area contributed by atoms with Crippen LogP contribution in [0.25, 0.3) is 0 Å². The molecular weight excluding hydrogens is 331 g/mol. The van der Waals surface area contributed by atoms with Gasteiger partial charge in [0.25, 0.3) is 0 Å². The van der Waals surface area contributed by atoms with Crippen LogP contribution >= 0.6 is 27.5 Å². The number of benzene rings is 2. The maximum Gasteiger partial charge on any atom is 0.186 e. The first kappa shape index (κ1) is 14.2. The van der Waals surface area contributed by atoms with Gasteiger partial charge in [0.2, 0.25) is 0 Å². The fourth-order valence-electron chi connectivity index (χ4n) is 1.75. The monoisotopic (exact) mass is 340 g/mol. The van der Waals surface area contributed by atoms with Crippen molar-refractivity contribution in [2.24, 2.45) is 0 Å². The lowest BCUT2D eigenvalue weighted by Gasteiger charge is -2.11. The average Bonchev–Trinajstić information content (AvgIpc) is 2.41. The van der Waals surface area contributed by atoms with Crippen LogP contribution < -0.4 is 0 Å². The lowest BCUT2D eigenvalue weighted by Crippen LogP contribution is -2.08. The molecule has 1 atom stereocenters. The fourth-order valence-corrected chi connectivity index (χ4v) is 2.45. The SMILES string of the molecule is Cc1ccc(Br)c(C(=O)C(Cl)c2ccc(F)cc2)c1. The van der Waals surface area contributed by atoms with E-state index in [0.29, 0.717) is 15.6 Å². The van der Waals surface area contributed by atoms with Crippen molar-refractivity contribution in [2.75, 3.05) is 0 Å². The second kappa shape index (κ2) is 5.85. The molecule has 0 bridgehead atoms. The lowest BCUT2D eigenvalue weighted by molar-refractivity contribution is 0.0986. The number of rotatable bonds is 3. The summed E-state index contributed by atoms with van der Waals surface area (Å²) in [6.07, 6.45) is 0. The van der Waals surface area contributed by atoms with Crippen LogP contribution in [0.3, 0.4) is 0 Å².